The lowest BCUT2D eigenvalue weighted by molar-refractivity contribution is -0.113. The number of nitrogens with zero attached hydrogens (tertiary/aromatic N) is 3. The molecule has 27 heavy (non-hydrogen) atoms. The predicted molar refractivity (Wildman–Crippen MR) is 112 cm³/mol. The molecule has 0 saturated carbocycles. The van der Waals surface area contributed by atoms with E-state index in [2.05, 4.69) is 27.8 Å². The predicted octanol–water partition coefficient (Wildman–Crippen LogP) is 3.57. The van der Waals surface area contributed by atoms with Crippen LogP contribution in [0.4, 0.5) is 10.8 Å². The molecule has 0 aliphatic heterocycles. The number of anilines is 2. The van der Waals surface area contributed by atoms with E-state index in [1.165, 1.54) is 23.1 Å². The van der Waals surface area contributed by atoms with Crippen molar-refractivity contribution in [1.82, 2.24) is 15.1 Å². The molecular formula is C18H25N5O2S2. The summed E-state index contributed by atoms with van der Waals surface area (Å²) >= 11 is 2.78. The van der Waals surface area contributed by atoms with Crippen LogP contribution in [0, 0.1) is 0 Å². The lowest BCUT2D eigenvalue weighted by Gasteiger charge is -2.19. The molecule has 2 N–H and O–H groups in total. The SMILES string of the molecule is CCCNc1nnc(SCC(=O)Nc2cccc(C(=O)N(CC)CC)c2)s1. The fraction of sp³-hybridized carbons (Fsp3) is 0.444. The number of hydrogen-bond donors (Lipinski definition) is 2. The number of hydrogen-bond acceptors (Lipinski definition) is 7. The monoisotopic (exact) mass is 407 g/mol. The molecule has 2 aromatic rings. The minimum atomic E-state index is -0.147. The third-order valence-electron chi connectivity index (χ3n) is 3.70. The van der Waals surface area contributed by atoms with Gasteiger partial charge in [-0.3, -0.25) is 9.59 Å². The topological polar surface area (TPSA) is 87.2 Å². The Morgan fingerprint density at radius 1 is 1.19 bits per heavy atom. The molecule has 0 radical (unpaired) electrons. The van der Waals surface area contributed by atoms with Gasteiger partial charge in [-0.2, -0.15) is 0 Å². The fourth-order valence-corrected chi connectivity index (χ4v) is 3.90. The first-order chi connectivity index (χ1) is 13.1. The smallest absolute Gasteiger partial charge is 0.253 e. The number of aromatic nitrogens is 2. The van der Waals surface area contributed by atoms with Gasteiger partial charge in [-0.15, -0.1) is 10.2 Å². The Kier molecular flexibility index (Phi) is 8.53. The minimum absolute atomic E-state index is 0.0357. The van der Waals surface area contributed by atoms with Crippen LogP contribution in [0.5, 0.6) is 0 Å². The van der Waals surface area contributed by atoms with Gasteiger partial charge in [0.1, 0.15) is 0 Å². The van der Waals surface area contributed by atoms with Crippen LogP contribution in [0.25, 0.3) is 0 Å². The summed E-state index contributed by atoms with van der Waals surface area (Å²) in [4.78, 5) is 26.4. The zero-order chi connectivity index (χ0) is 19.6. The highest BCUT2D eigenvalue weighted by molar-refractivity contribution is 8.01. The number of amides is 2. The quantitative estimate of drug-likeness (QED) is 0.586. The van der Waals surface area contributed by atoms with Crippen LogP contribution in [-0.2, 0) is 4.79 Å². The van der Waals surface area contributed by atoms with Gasteiger partial charge in [-0.1, -0.05) is 36.1 Å². The summed E-state index contributed by atoms with van der Waals surface area (Å²) in [6.07, 6.45) is 1.01. The van der Waals surface area contributed by atoms with Crippen LogP contribution in [0.2, 0.25) is 0 Å². The second-order valence-electron chi connectivity index (χ2n) is 5.69. The first kappa shape index (κ1) is 21.2. The summed E-state index contributed by atoms with van der Waals surface area (Å²) in [5.41, 5.74) is 1.18. The van der Waals surface area contributed by atoms with Crippen LogP contribution in [0.15, 0.2) is 28.6 Å². The molecule has 1 heterocycles. The summed E-state index contributed by atoms with van der Waals surface area (Å²) in [6, 6.07) is 7.02. The number of benzene rings is 1. The van der Waals surface area contributed by atoms with E-state index in [9.17, 15) is 9.59 Å². The van der Waals surface area contributed by atoms with E-state index in [1.54, 1.807) is 29.2 Å². The maximum absolute atomic E-state index is 12.4. The van der Waals surface area contributed by atoms with Crippen molar-refractivity contribution in [2.24, 2.45) is 0 Å². The molecule has 0 spiro atoms. The highest BCUT2D eigenvalue weighted by Crippen LogP contribution is 2.25. The van der Waals surface area contributed by atoms with Gasteiger partial charge < -0.3 is 15.5 Å². The van der Waals surface area contributed by atoms with Crippen molar-refractivity contribution in [3.8, 4) is 0 Å². The molecule has 146 valence electrons. The average molecular weight is 408 g/mol. The van der Waals surface area contributed by atoms with Crippen molar-refractivity contribution in [3.63, 3.8) is 0 Å². The largest absolute Gasteiger partial charge is 0.360 e. The molecule has 0 saturated heterocycles. The second-order valence-corrected chi connectivity index (χ2v) is 7.89. The molecular weight excluding hydrogens is 382 g/mol. The van der Waals surface area contributed by atoms with Crippen LogP contribution in [0.1, 0.15) is 37.6 Å². The van der Waals surface area contributed by atoms with Crippen LogP contribution < -0.4 is 10.6 Å². The van der Waals surface area contributed by atoms with E-state index in [0.717, 1.165) is 22.4 Å². The van der Waals surface area contributed by atoms with Crippen LogP contribution in [0.3, 0.4) is 0 Å². The Labute approximate surface area is 167 Å². The van der Waals surface area contributed by atoms with E-state index < -0.39 is 0 Å². The van der Waals surface area contributed by atoms with Gasteiger partial charge in [0.25, 0.3) is 5.91 Å². The van der Waals surface area contributed by atoms with E-state index >= 15 is 0 Å². The normalized spacial score (nSPS) is 10.5. The summed E-state index contributed by atoms with van der Waals surface area (Å²) < 4.78 is 0.745. The van der Waals surface area contributed by atoms with E-state index in [0.29, 0.717) is 24.3 Å². The highest BCUT2D eigenvalue weighted by atomic mass is 32.2. The molecule has 0 fully saturated rings. The second kappa shape index (κ2) is 10.9. The Bertz CT molecular complexity index is 762. The van der Waals surface area contributed by atoms with Gasteiger partial charge in [0.05, 0.1) is 5.75 Å². The molecule has 0 unspecified atom stereocenters. The number of nitrogens with one attached hydrogen (secondary N) is 2. The number of thioether (sulfide) groups is 1. The first-order valence-electron chi connectivity index (χ1n) is 8.96. The molecule has 0 bridgehead atoms. The van der Waals surface area contributed by atoms with Crippen molar-refractivity contribution in [3.05, 3.63) is 29.8 Å². The van der Waals surface area contributed by atoms with E-state index in [1.807, 2.05) is 13.8 Å². The van der Waals surface area contributed by atoms with Crippen molar-refractivity contribution in [1.29, 1.82) is 0 Å². The fourth-order valence-electron chi connectivity index (χ4n) is 2.32. The van der Waals surface area contributed by atoms with Gasteiger partial charge in [0.2, 0.25) is 11.0 Å². The molecule has 2 amide bonds. The maximum Gasteiger partial charge on any atom is 0.253 e. The van der Waals surface area contributed by atoms with E-state index in [-0.39, 0.29) is 17.6 Å². The standard InChI is InChI=1S/C18H25N5O2S2/c1-4-10-19-17-21-22-18(27-17)26-12-15(24)20-14-9-7-8-13(11-14)16(25)23(5-2)6-3/h7-9,11H,4-6,10,12H2,1-3H3,(H,19,21)(H,20,24). The molecule has 0 aliphatic rings. The molecule has 2 rings (SSSR count). The number of carbonyl (C=O) groups is 2. The van der Waals surface area contributed by atoms with Gasteiger partial charge >= 0.3 is 0 Å². The third-order valence-corrected chi connectivity index (χ3v) is 5.72. The Balaban J connectivity index is 1.89. The summed E-state index contributed by atoms with van der Waals surface area (Å²) in [5.74, 6) is 0.0496. The minimum Gasteiger partial charge on any atom is -0.360 e. The van der Waals surface area contributed by atoms with Crippen molar-refractivity contribution in [2.75, 3.05) is 36.0 Å². The number of carbonyl (C=O) groups excluding carboxylic acids is 2. The van der Waals surface area contributed by atoms with Gasteiger partial charge in [-0.25, -0.2) is 0 Å². The summed E-state index contributed by atoms with van der Waals surface area (Å²) in [6.45, 7) is 8.13. The van der Waals surface area contributed by atoms with Crippen molar-refractivity contribution < 1.29 is 9.59 Å². The lowest BCUT2D eigenvalue weighted by Crippen LogP contribution is -2.30. The summed E-state index contributed by atoms with van der Waals surface area (Å²) in [7, 11) is 0. The summed E-state index contributed by atoms with van der Waals surface area (Å²) in [5, 5.41) is 14.9. The van der Waals surface area contributed by atoms with Gasteiger partial charge in [0.15, 0.2) is 4.34 Å². The van der Waals surface area contributed by atoms with Crippen molar-refractivity contribution in [2.45, 2.75) is 31.5 Å². The molecule has 1 aromatic carbocycles. The van der Waals surface area contributed by atoms with E-state index in [4.69, 9.17) is 0 Å². The lowest BCUT2D eigenvalue weighted by atomic mass is 10.1. The molecule has 0 aliphatic carbocycles. The van der Waals surface area contributed by atoms with Crippen molar-refractivity contribution >= 4 is 45.7 Å². The first-order valence-corrected chi connectivity index (χ1v) is 10.8. The zero-order valence-corrected chi connectivity index (χ0v) is 17.5. The van der Waals surface area contributed by atoms with Crippen LogP contribution in [-0.4, -0.2) is 52.3 Å². The van der Waals surface area contributed by atoms with Gasteiger partial charge in [-0.05, 0) is 38.5 Å². The number of rotatable bonds is 10. The Morgan fingerprint density at radius 3 is 2.67 bits per heavy atom. The maximum atomic E-state index is 12.4. The highest BCUT2D eigenvalue weighted by Gasteiger charge is 2.13. The average Bonchev–Trinajstić information content (AvgIpc) is 3.13. The molecule has 7 nitrogen and oxygen atoms in total. The molecule has 9 heteroatoms. The third kappa shape index (κ3) is 6.51. The van der Waals surface area contributed by atoms with Crippen LogP contribution >= 0.6 is 23.1 Å². The molecule has 0 atom stereocenters. The van der Waals surface area contributed by atoms with Gasteiger partial charge in [0, 0.05) is 30.9 Å². The Hall–Kier alpha value is -2.13. The Morgan fingerprint density at radius 2 is 1.96 bits per heavy atom. The zero-order valence-electron chi connectivity index (χ0n) is 15.8. The molecule has 1 aromatic heterocycles.